The first-order valence-electron chi connectivity index (χ1n) is 29.4. The Morgan fingerprint density at radius 3 is 0.884 bits per heavy atom. The molecule has 16 aromatic rings. The molecule has 0 fully saturated rings. The van der Waals surface area contributed by atoms with Crippen LogP contribution in [0.25, 0.3) is 156 Å². The smallest absolute Gasteiger partial charge is 0.145 e. The minimum atomic E-state index is 0.880. The molecule has 86 heavy (non-hydrogen) atoms. The Kier molecular flexibility index (Phi) is 12.5. The number of benzene rings is 14. The van der Waals surface area contributed by atoms with Crippen molar-refractivity contribution in [3.8, 4) is 112 Å². The molecule has 402 valence electrons. The molecule has 14 aromatic carbocycles. The number of rotatable bonds is 11. The first kappa shape index (κ1) is 50.3. The zero-order valence-electron chi connectivity index (χ0n) is 47.0. The lowest BCUT2D eigenvalue weighted by atomic mass is 9.82. The summed E-state index contributed by atoms with van der Waals surface area (Å²) in [5.41, 5.74) is 24.2. The van der Waals surface area contributed by atoms with Crippen LogP contribution in [0.2, 0.25) is 0 Å². The average Bonchev–Trinajstić information content (AvgIpc) is 2.48. The predicted octanol–water partition coefficient (Wildman–Crippen LogP) is 21.7. The van der Waals surface area contributed by atoms with Gasteiger partial charge >= 0.3 is 0 Å². The molecule has 0 spiro atoms. The molecule has 0 aliphatic carbocycles. The first-order valence-corrected chi connectivity index (χ1v) is 29.4. The topological polar surface area (TPSA) is 35.6 Å². The maximum Gasteiger partial charge on any atom is 0.145 e. The monoisotopic (exact) mass is 1090 g/mol. The maximum atomic E-state index is 5.47. The Balaban J connectivity index is 1.00. The Morgan fingerprint density at radius 2 is 0.477 bits per heavy atom. The van der Waals surface area contributed by atoms with E-state index in [1.54, 1.807) is 0 Å². The summed E-state index contributed by atoms with van der Waals surface area (Å²) in [6.45, 7) is 0. The van der Waals surface area contributed by atoms with E-state index in [-0.39, 0.29) is 0 Å². The molecule has 0 amide bonds. The summed E-state index contributed by atoms with van der Waals surface area (Å²) in [6, 6.07) is 119. The summed E-state index contributed by atoms with van der Waals surface area (Å²) in [7, 11) is 0. The van der Waals surface area contributed by atoms with Crippen molar-refractivity contribution >= 4 is 43.6 Å². The first-order chi connectivity index (χ1) is 42.6. The lowest BCUT2D eigenvalue weighted by Gasteiger charge is -2.22. The molecule has 2 heterocycles. The van der Waals surface area contributed by atoms with Gasteiger partial charge in [-0.15, -0.1) is 0 Å². The van der Waals surface area contributed by atoms with E-state index in [4.69, 9.17) is 9.97 Å². The van der Waals surface area contributed by atoms with Crippen molar-refractivity contribution in [1.29, 1.82) is 0 Å². The Labute approximate surface area is 499 Å². The minimum Gasteiger partial charge on any atom is -0.292 e. The fourth-order valence-corrected chi connectivity index (χ4v) is 12.8. The van der Waals surface area contributed by atoms with Gasteiger partial charge in [0.2, 0.25) is 0 Å². The highest BCUT2D eigenvalue weighted by atomic mass is 15.1. The molecule has 0 aliphatic heterocycles. The number of aromatic nitrogens is 4. The molecule has 0 saturated heterocycles. The summed E-state index contributed by atoms with van der Waals surface area (Å²) in [5, 5.41) is 4.57. The van der Waals surface area contributed by atoms with Crippen LogP contribution in [0, 0.1) is 0 Å². The summed E-state index contributed by atoms with van der Waals surface area (Å²) in [6.07, 6.45) is 0. The summed E-state index contributed by atoms with van der Waals surface area (Å²) in [4.78, 5) is 10.7. The number of hydrogen-bond acceptors (Lipinski definition) is 2. The zero-order valence-corrected chi connectivity index (χ0v) is 47.0. The van der Waals surface area contributed by atoms with Gasteiger partial charge in [0.15, 0.2) is 0 Å². The highest BCUT2D eigenvalue weighted by molar-refractivity contribution is 6.23. The van der Waals surface area contributed by atoms with Gasteiger partial charge in [-0.1, -0.05) is 231 Å². The van der Waals surface area contributed by atoms with Crippen molar-refractivity contribution < 1.29 is 0 Å². The van der Waals surface area contributed by atoms with Gasteiger partial charge in [-0.3, -0.25) is 9.13 Å². The van der Waals surface area contributed by atoms with Crippen molar-refractivity contribution in [3.05, 3.63) is 328 Å². The SMILES string of the molecule is c1ccc(-c2cc(-c3ccccc3)cc(-c3c4ccc(-c5nc6ccccc6n5-c5ccccc5)cc4c(-c4cc(-c5ccccc5)cc(-c5ccccc5)c4)c4ccc(-c5ccc(-c6nc7ccccc7n6-c6ccccc6)cc5)cc34)c2)cc1. The standard InChI is InChI=1S/C82H54N4/c1-7-23-55(24-8-1)63-47-64(56-25-9-2-10-26-56)50-67(49-63)79-72-46-44-62(82-84-76-36-20-22-38-78(76)86(82)70-33-17-6-18-34-70)54-74(72)80(68-51-65(57-27-11-3-12-28-57)48-66(52-68)58-29-13-4-14-30-58)71-45-43-61(53-73(71)79)59-39-41-60(42-40-59)81-83-75-35-19-21-37-77(75)85(81)69-31-15-5-16-32-69/h1-54H. The molecule has 0 radical (unpaired) electrons. The molecule has 4 nitrogen and oxygen atoms in total. The van der Waals surface area contributed by atoms with Gasteiger partial charge < -0.3 is 0 Å². The molecule has 0 saturated carbocycles. The summed E-state index contributed by atoms with van der Waals surface area (Å²) in [5.74, 6) is 1.78. The Morgan fingerprint density at radius 1 is 0.186 bits per heavy atom. The third-order valence-corrected chi connectivity index (χ3v) is 16.9. The fraction of sp³-hybridized carbons (Fsp3) is 0. The molecule has 16 rings (SSSR count). The lowest BCUT2D eigenvalue weighted by Crippen LogP contribution is -1.98. The van der Waals surface area contributed by atoms with E-state index in [1.165, 1.54) is 0 Å². The van der Waals surface area contributed by atoms with Crippen LogP contribution in [0.1, 0.15) is 0 Å². The van der Waals surface area contributed by atoms with E-state index in [0.29, 0.717) is 0 Å². The zero-order chi connectivity index (χ0) is 56.9. The molecular weight excluding hydrogens is 1040 g/mol. The van der Waals surface area contributed by atoms with E-state index in [9.17, 15) is 0 Å². The van der Waals surface area contributed by atoms with Crippen LogP contribution in [0.15, 0.2) is 328 Å². The molecule has 0 bridgehead atoms. The van der Waals surface area contributed by atoms with Crippen molar-refractivity contribution in [1.82, 2.24) is 19.1 Å². The number of hydrogen-bond donors (Lipinski definition) is 0. The second-order valence-electron chi connectivity index (χ2n) is 22.1. The highest BCUT2D eigenvalue weighted by Gasteiger charge is 2.24. The quantitative estimate of drug-likeness (QED) is 0.121. The van der Waals surface area contributed by atoms with Crippen LogP contribution in [0.3, 0.4) is 0 Å². The number of para-hydroxylation sites is 6. The van der Waals surface area contributed by atoms with Crippen molar-refractivity contribution in [3.63, 3.8) is 0 Å². The molecular formula is C82H54N4. The maximum absolute atomic E-state index is 5.47. The second-order valence-corrected chi connectivity index (χ2v) is 22.1. The summed E-state index contributed by atoms with van der Waals surface area (Å²) >= 11 is 0. The van der Waals surface area contributed by atoms with Crippen molar-refractivity contribution in [2.24, 2.45) is 0 Å². The largest absolute Gasteiger partial charge is 0.292 e. The normalized spacial score (nSPS) is 11.5. The molecule has 2 aromatic heterocycles. The van der Waals surface area contributed by atoms with Crippen molar-refractivity contribution in [2.45, 2.75) is 0 Å². The van der Waals surface area contributed by atoms with Crippen molar-refractivity contribution in [2.75, 3.05) is 0 Å². The van der Waals surface area contributed by atoms with Crippen LogP contribution >= 0.6 is 0 Å². The summed E-state index contributed by atoms with van der Waals surface area (Å²) < 4.78 is 4.58. The van der Waals surface area contributed by atoms with Crippen LogP contribution in [0.5, 0.6) is 0 Å². The van der Waals surface area contributed by atoms with Gasteiger partial charge in [0.05, 0.1) is 22.1 Å². The molecule has 0 unspecified atom stereocenters. The third-order valence-electron chi connectivity index (χ3n) is 16.9. The van der Waals surface area contributed by atoms with Gasteiger partial charge in [0.25, 0.3) is 0 Å². The Hall–Kier alpha value is -11.5. The fourth-order valence-electron chi connectivity index (χ4n) is 12.8. The third kappa shape index (κ3) is 9.05. The second kappa shape index (κ2) is 21.4. The van der Waals surface area contributed by atoms with Crippen LogP contribution < -0.4 is 0 Å². The number of fused-ring (bicyclic) bond motifs is 4. The highest BCUT2D eigenvalue weighted by Crippen LogP contribution is 2.49. The predicted molar refractivity (Wildman–Crippen MR) is 360 cm³/mol. The van der Waals surface area contributed by atoms with E-state index >= 15 is 0 Å². The van der Waals surface area contributed by atoms with Gasteiger partial charge in [-0.2, -0.15) is 0 Å². The average molecular weight is 1100 g/mol. The van der Waals surface area contributed by atoms with Crippen LogP contribution in [-0.4, -0.2) is 19.1 Å². The molecule has 0 atom stereocenters. The van der Waals surface area contributed by atoms with Gasteiger partial charge in [0, 0.05) is 22.5 Å². The van der Waals surface area contributed by atoms with E-state index in [0.717, 1.165) is 156 Å². The number of imidazole rings is 2. The number of nitrogens with zero attached hydrogens (tertiary/aromatic N) is 4. The van der Waals surface area contributed by atoms with Crippen LogP contribution in [0.4, 0.5) is 0 Å². The Bertz CT molecular complexity index is 5050. The van der Waals surface area contributed by atoms with Gasteiger partial charge in [-0.25, -0.2) is 9.97 Å². The minimum absolute atomic E-state index is 0.880. The lowest BCUT2D eigenvalue weighted by molar-refractivity contribution is 1.10. The molecule has 4 heteroatoms. The van der Waals surface area contributed by atoms with Gasteiger partial charge in [-0.05, 0) is 196 Å². The van der Waals surface area contributed by atoms with E-state index in [1.807, 2.05) is 0 Å². The van der Waals surface area contributed by atoms with E-state index < -0.39 is 0 Å². The van der Waals surface area contributed by atoms with Gasteiger partial charge in [0.1, 0.15) is 11.6 Å². The molecule has 0 N–H and O–H groups in total. The molecule has 0 aliphatic rings. The van der Waals surface area contributed by atoms with Crippen LogP contribution in [-0.2, 0) is 0 Å². The van der Waals surface area contributed by atoms with E-state index in [2.05, 4.69) is 337 Å².